The van der Waals surface area contributed by atoms with Crippen molar-refractivity contribution >= 4 is 17.4 Å². The van der Waals surface area contributed by atoms with Gasteiger partial charge in [-0.2, -0.15) is 5.10 Å². The Bertz CT molecular complexity index is 587. The van der Waals surface area contributed by atoms with Gasteiger partial charge in [0.15, 0.2) is 5.84 Å². The van der Waals surface area contributed by atoms with Gasteiger partial charge in [-0.05, 0) is 6.92 Å². The van der Waals surface area contributed by atoms with Crippen LogP contribution in [0.15, 0.2) is 47.6 Å². The minimum absolute atomic E-state index is 0.122. The second kappa shape index (κ2) is 5.95. The molecule has 0 aliphatic rings. The predicted octanol–water partition coefficient (Wildman–Crippen LogP) is 2.13. The third-order valence-electron chi connectivity index (χ3n) is 2.63. The van der Waals surface area contributed by atoms with Gasteiger partial charge in [-0.25, -0.2) is 0 Å². The van der Waals surface area contributed by atoms with Crippen LogP contribution < -0.4 is 5.32 Å². The Morgan fingerprint density at radius 3 is 2.63 bits per heavy atom. The molecule has 5 nitrogen and oxygen atoms in total. The van der Waals surface area contributed by atoms with Crippen LogP contribution in [-0.2, 0) is 7.05 Å². The molecule has 0 amide bonds. The van der Waals surface area contributed by atoms with E-state index in [1.165, 1.54) is 0 Å². The van der Waals surface area contributed by atoms with Crippen LogP contribution in [-0.4, -0.2) is 27.9 Å². The Balaban J connectivity index is 2.24. The molecule has 19 heavy (non-hydrogen) atoms. The van der Waals surface area contributed by atoms with Crippen LogP contribution >= 0.6 is 0 Å². The minimum atomic E-state index is -0.122. The molecular formula is C14H16N4O. The number of benzene rings is 1. The number of hydrogen-bond donors (Lipinski definition) is 1. The Hall–Kier alpha value is -2.43. The number of carbonyl (C=O) groups excluding carboxylic acids is 1. The van der Waals surface area contributed by atoms with Crippen LogP contribution in [0.4, 0.5) is 5.82 Å². The van der Waals surface area contributed by atoms with E-state index in [0.717, 1.165) is 5.82 Å². The molecule has 0 fully saturated rings. The van der Waals surface area contributed by atoms with E-state index >= 15 is 0 Å². The van der Waals surface area contributed by atoms with E-state index < -0.39 is 0 Å². The van der Waals surface area contributed by atoms with Crippen molar-refractivity contribution in [2.45, 2.75) is 6.92 Å². The fourth-order valence-corrected chi connectivity index (χ4v) is 1.67. The summed E-state index contributed by atoms with van der Waals surface area (Å²) in [5.41, 5.74) is 0.615. The number of aliphatic imine (C=N–C) groups is 1. The van der Waals surface area contributed by atoms with E-state index in [1.54, 1.807) is 36.1 Å². The van der Waals surface area contributed by atoms with Gasteiger partial charge in [0, 0.05) is 25.2 Å². The van der Waals surface area contributed by atoms with Crippen LogP contribution in [0, 0.1) is 0 Å². The molecule has 0 atom stereocenters. The summed E-state index contributed by atoms with van der Waals surface area (Å²) in [7, 11) is 1.80. The van der Waals surface area contributed by atoms with E-state index in [9.17, 15) is 4.79 Å². The van der Waals surface area contributed by atoms with Gasteiger partial charge in [-0.15, -0.1) is 0 Å². The molecule has 0 unspecified atom stereocenters. The number of Topliss-reactive ketones (excluding diaryl/α,β-unsaturated/α-hetero) is 1. The van der Waals surface area contributed by atoms with Gasteiger partial charge >= 0.3 is 0 Å². The van der Waals surface area contributed by atoms with E-state index in [4.69, 9.17) is 0 Å². The summed E-state index contributed by atoms with van der Waals surface area (Å²) in [5.74, 6) is 0.942. The molecular weight excluding hydrogens is 240 g/mol. The zero-order chi connectivity index (χ0) is 13.7. The summed E-state index contributed by atoms with van der Waals surface area (Å²) in [5, 5.41) is 7.08. The first kappa shape index (κ1) is 13.0. The summed E-state index contributed by atoms with van der Waals surface area (Å²) >= 11 is 0. The molecule has 0 spiro atoms. The van der Waals surface area contributed by atoms with Crippen LogP contribution in [0.1, 0.15) is 17.3 Å². The molecule has 1 aromatic heterocycles. The predicted molar refractivity (Wildman–Crippen MR) is 75.6 cm³/mol. The molecule has 0 aliphatic carbocycles. The van der Waals surface area contributed by atoms with E-state index in [2.05, 4.69) is 15.4 Å². The van der Waals surface area contributed by atoms with Gasteiger partial charge in [0.1, 0.15) is 5.82 Å². The van der Waals surface area contributed by atoms with Crippen molar-refractivity contribution < 1.29 is 4.79 Å². The highest BCUT2D eigenvalue weighted by atomic mass is 16.1. The minimum Gasteiger partial charge on any atom is -0.322 e. The van der Waals surface area contributed by atoms with Gasteiger partial charge in [-0.3, -0.25) is 14.5 Å². The third-order valence-corrected chi connectivity index (χ3v) is 2.63. The van der Waals surface area contributed by atoms with Crippen LogP contribution in [0.5, 0.6) is 0 Å². The maximum atomic E-state index is 12.3. The lowest BCUT2D eigenvalue weighted by atomic mass is 10.1. The number of aromatic nitrogens is 2. The number of ketones is 1. The van der Waals surface area contributed by atoms with Crippen LogP contribution in [0.25, 0.3) is 0 Å². The van der Waals surface area contributed by atoms with Crippen molar-refractivity contribution in [3.63, 3.8) is 0 Å². The van der Waals surface area contributed by atoms with Crippen molar-refractivity contribution in [1.29, 1.82) is 0 Å². The first-order valence-electron chi connectivity index (χ1n) is 6.11. The molecule has 98 valence electrons. The number of hydrogen-bond acceptors (Lipinski definition) is 3. The fraction of sp³-hybridized carbons (Fsp3) is 0.214. The molecule has 1 aromatic carbocycles. The summed E-state index contributed by atoms with van der Waals surface area (Å²) in [6, 6.07) is 10.9. The second-order valence-corrected chi connectivity index (χ2v) is 3.98. The lowest BCUT2D eigenvalue weighted by Gasteiger charge is -2.09. The highest BCUT2D eigenvalue weighted by molar-refractivity contribution is 6.48. The van der Waals surface area contributed by atoms with E-state index in [0.29, 0.717) is 17.9 Å². The molecule has 0 saturated heterocycles. The van der Waals surface area contributed by atoms with E-state index in [1.807, 2.05) is 25.1 Å². The maximum absolute atomic E-state index is 12.3. The quantitative estimate of drug-likeness (QED) is 0.518. The first-order chi connectivity index (χ1) is 9.22. The molecule has 2 aromatic rings. The molecule has 5 heteroatoms. The van der Waals surface area contributed by atoms with Gasteiger partial charge in [-0.1, -0.05) is 30.3 Å². The number of rotatable bonds is 4. The average Bonchev–Trinajstić information content (AvgIpc) is 2.84. The summed E-state index contributed by atoms with van der Waals surface area (Å²) in [4.78, 5) is 16.6. The number of amidine groups is 1. The van der Waals surface area contributed by atoms with Gasteiger partial charge in [0.2, 0.25) is 5.78 Å². The standard InChI is InChI=1S/C14H16N4O/c1-3-15-14(17-12-9-10-16-18(12)2)13(19)11-7-5-4-6-8-11/h4-10H,3H2,1-2H3,(H,15,17). The molecule has 1 heterocycles. The smallest absolute Gasteiger partial charge is 0.227 e. The number of nitrogens with zero attached hydrogens (tertiary/aromatic N) is 3. The van der Waals surface area contributed by atoms with Crippen molar-refractivity contribution in [3.05, 3.63) is 48.2 Å². The summed E-state index contributed by atoms with van der Waals surface area (Å²) in [6.45, 7) is 2.43. The fourth-order valence-electron chi connectivity index (χ4n) is 1.67. The van der Waals surface area contributed by atoms with Crippen molar-refractivity contribution in [3.8, 4) is 0 Å². The normalized spacial score (nSPS) is 11.4. The first-order valence-corrected chi connectivity index (χ1v) is 6.11. The molecule has 0 radical (unpaired) electrons. The lowest BCUT2D eigenvalue weighted by Crippen LogP contribution is -2.25. The Labute approximate surface area is 112 Å². The monoisotopic (exact) mass is 256 g/mol. The van der Waals surface area contributed by atoms with Crippen molar-refractivity contribution in [1.82, 2.24) is 9.78 Å². The third kappa shape index (κ3) is 3.07. The molecule has 0 bridgehead atoms. The zero-order valence-electron chi connectivity index (χ0n) is 11.0. The highest BCUT2D eigenvalue weighted by Gasteiger charge is 2.14. The summed E-state index contributed by atoms with van der Waals surface area (Å²) < 4.78 is 1.66. The SMILES string of the molecule is CCN=C(Nc1ccnn1C)C(=O)c1ccccc1. The molecule has 2 rings (SSSR count). The second-order valence-electron chi connectivity index (χ2n) is 3.98. The Morgan fingerprint density at radius 2 is 2.05 bits per heavy atom. The Morgan fingerprint density at radius 1 is 1.32 bits per heavy atom. The lowest BCUT2D eigenvalue weighted by molar-refractivity contribution is 0.106. The van der Waals surface area contributed by atoms with Crippen LogP contribution in [0.2, 0.25) is 0 Å². The number of nitrogens with one attached hydrogen (secondary N) is 1. The highest BCUT2D eigenvalue weighted by Crippen LogP contribution is 2.07. The molecule has 0 aliphatic heterocycles. The molecule has 0 saturated carbocycles. The topological polar surface area (TPSA) is 59.3 Å². The van der Waals surface area contributed by atoms with Gasteiger partial charge in [0.25, 0.3) is 0 Å². The van der Waals surface area contributed by atoms with E-state index in [-0.39, 0.29) is 5.78 Å². The Kier molecular flexibility index (Phi) is 4.07. The maximum Gasteiger partial charge on any atom is 0.227 e. The van der Waals surface area contributed by atoms with Crippen molar-refractivity contribution in [2.75, 3.05) is 11.9 Å². The number of carbonyl (C=O) groups is 1. The van der Waals surface area contributed by atoms with Gasteiger partial charge < -0.3 is 5.32 Å². The van der Waals surface area contributed by atoms with Gasteiger partial charge in [0.05, 0.1) is 6.20 Å². The van der Waals surface area contributed by atoms with Crippen molar-refractivity contribution in [2.24, 2.45) is 12.0 Å². The largest absolute Gasteiger partial charge is 0.322 e. The zero-order valence-corrected chi connectivity index (χ0v) is 11.0. The number of anilines is 1. The van der Waals surface area contributed by atoms with Crippen LogP contribution in [0.3, 0.4) is 0 Å². The summed E-state index contributed by atoms with van der Waals surface area (Å²) in [6.07, 6.45) is 1.67. The number of aryl methyl sites for hydroxylation is 1. The average molecular weight is 256 g/mol. The molecule has 1 N–H and O–H groups in total.